The Morgan fingerprint density at radius 3 is 2.16 bits per heavy atom. The van der Waals surface area contributed by atoms with Crippen molar-refractivity contribution in [2.45, 2.75) is 12.3 Å². The number of carboxylic acids is 1. The van der Waals surface area contributed by atoms with Crippen LogP contribution >= 0.6 is 0 Å². The maximum absolute atomic E-state index is 12.6. The number of rotatable bonds is 2. The van der Waals surface area contributed by atoms with E-state index in [1.165, 1.54) is 0 Å². The third-order valence-corrected chi connectivity index (χ3v) is 5.99. The van der Waals surface area contributed by atoms with Crippen LogP contribution in [0.5, 0.6) is 5.75 Å². The van der Waals surface area contributed by atoms with E-state index in [-0.39, 0.29) is 23.9 Å². The number of esters is 1. The van der Waals surface area contributed by atoms with Crippen molar-refractivity contribution in [3.8, 4) is 5.75 Å². The first-order valence-electron chi connectivity index (χ1n) is 10.2. The average Bonchev–Trinajstić information content (AvgIpc) is 2.82. The van der Waals surface area contributed by atoms with Crippen LogP contribution in [0.25, 0.3) is 32.8 Å². The van der Waals surface area contributed by atoms with Crippen molar-refractivity contribution in [1.82, 2.24) is 9.97 Å². The summed E-state index contributed by atoms with van der Waals surface area (Å²) >= 11 is 0. The first kappa shape index (κ1) is 18.4. The number of aromatic nitrogens is 2. The molecule has 0 radical (unpaired) electrons. The fourth-order valence-electron chi connectivity index (χ4n) is 4.52. The molecule has 0 amide bonds. The second kappa shape index (κ2) is 6.85. The molecule has 6 heteroatoms. The summed E-state index contributed by atoms with van der Waals surface area (Å²) in [5.74, 6) is -1.14. The lowest BCUT2D eigenvalue weighted by molar-refractivity contribution is -0.135. The Morgan fingerprint density at radius 1 is 0.844 bits per heavy atom. The topological polar surface area (TPSA) is 89.4 Å². The molecule has 0 unspecified atom stereocenters. The van der Waals surface area contributed by atoms with Crippen LogP contribution in [-0.2, 0) is 4.79 Å². The molecule has 1 atom stereocenters. The number of carboxylic acid groups (broad SMARTS) is 1. The molecule has 4 aromatic carbocycles. The number of carbonyl (C=O) groups excluding carboxylic acids is 1. The molecule has 5 aromatic rings. The third-order valence-electron chi connectivity index (χ3n) is 5.99. The van der Waals surface area contributed by atoms with Crippen LogP contribution in [-0.4, -0.2) is 27.0 Å². The van der Waals surface area contributed by atoms with Crippen LogP contribution < -0.4 is 4.74 Å². The van der Waals surface area contributed by atoms with E-state index in [0.717, 1.165) is 38.4 Å². The molecular formula is C26H16N2O4. The summed E-state index contributed by atoms with van der Waals surface area (Å²) in [6, 6.07) is 22.0. The van der Waals surface area contributed by atoms with Crippen molar-refractivity contribution < 1.29 is 19.4 Å². The molecular weight excluding hydrogens is 404 g/mol. The van der Waals surface area contributed by atoms with Crippen molar-refractivity contribution in [2.75, 3.05) is 0 Å². The minimum Gasteiger partial charge on any atom is -0.478 e. The number of hydrogen-bond acceptors (Lipinski definition) is 5. The minimum absolute atomic E-state index is 0.140. The van der Waals surface area contributed by atoms with Gasteiger partial charge in [0.2, 0.25) is 0 Å². The normalized spacial score (nSPS) is 15.6. The fourth-order valence-corrected chi connectivity index (χ4v) is 4.52. The molecule has 0 spiro atoms. The minimum atomic E-state index is -0.992. The Labute approximate surface area is 182 Å². The second-order valence-corrected chi connectivity index (χ2v) is 7.86. The van der Waals surface area contributed by atoms with Gasteiger partial charge in [0.05, 0.1) is 34.1 Å². The lowest BCUT2D eigenvalue weighted by Crippen LogP contribution is -2.22. The highest BCUT2D eigenvalue weighted by Crippen LogP contribution is 2.47. The highest BCUT2D eigenvalue weighted by Gasteiger charge is 2.33. The van der Waals surface area contributed by atoms with Gasteiger partial charge in [-0.05, 0) is 29.8 Å². The second-order valence-electron chi connectivity index (χ2n) is 7.86. The average molecular weight is 420 g/mol. The van der Waals surface area contributed by atoms with E-state index in [9.17, 15) is 14.7 Å². The maximum atomic E-state index is 12.6. The van der Waals surface area contributed by atoms with Crippen molar-refractivity contribution in [2.24, 2.45) is 0 Å². The summed E-state index contributed by atoms with van der Waals surface area (Å²) in [6.07, 6.45) is 0.140. The first-order chi connectivity index (χ1) is 15.6. The van der Waals surface area contributed by atoms with Gasteiger partial charge in [-0.2, -0.15) is 0 Å². The molecule has 154 valence electrons. The maximum Gasteiger partial charge on any atom is 0.335 e. The van der Waals surface area contributed by atoms with Gasteiger partial charge in [-0.15, -0.1) is 0 Å². The first-order valence-corrected chi connectivity index (χ1v) is 10.2. The predicted molar refractivity (Wildman–Crippen MR) is 120 cm³/mol. The molecule has 32 heavy (non-hydrogen) atoms. The van der Waals surface area contributed by atoms with Gasteiger partial charge in [-0.25, -0.2) is 14.8 Å². The molecule has 1 aliphatic rings. The number of fused-ring (bicyclic) bond motifs is 7. The van der Waals surface area contributed by atoms with Crippen molar-refractivity contribution in [3.63, 3.8) is 0 Å². The van der Waals surface area contributed by atoms with E-state index in [4.69, 9.17) is 14.7 Å². The number of carbonyl (C=O) groups is 2. The van der Waals surface area contributed by atoms with E-state index in [1.54, 1.807) is 24.3 Å². The van der Waals surface area contributed by atoms with Gasteiger partial charge in [0.25, 0.3) is 0 Å². The van der Waals surface area contributed by atoms with Gasteiger partial charge in [-0.1, -0.05) is 48.5 Å². The zero-order valence-corrected chi connectivity index (χ0v) is 16.8. The van der Waals surface area contributed by atoms with Crippen LogP contribution in [0.1, 0.15) is 33.8 Å². The van der Waals surface area contributed by atoms with Crippen LogP contribution in [0.3, 0.4) is 0 Å². The number of para-hydroxylation sites is 2. The highest BCUT2D eigenvalue weighted by atomic mass is 16.5. The van der Waals surface area contributed by atoms with Gasteiger partial charge in [0.15, 0.2) is 0 Å². The molecule has 1 aromatic heterocycles. The summed E-state index contributed by atoms with van der Waals surface area (Å²) in [5.41, 5.74) is 4.83. The molecule has 6 rings (SSSR count). The monoisotopic (exact) mass is 420 g/mol. The van der Waals surface area contributed by atoms with Crippen LogP contribution in [0.4, 0.5) is 0 Å². The smallest absolute Gasteiger partial charge is 0.335 e. The van der Waals surface area contributed by atoms with Crippen molar-refractivity contribution in [1.29, 1.82) is 0 Å². The fraction of sp³-hybridized carbons (Fsp3) is 0.0769. The van der Waals surface area contributed by atoms with Gasteiger partial charge in [0.1, 0.15) is 5.75 Å². The summed E-state index contributed by atoms with van der Waals surface area (Å²) in [7, 11) is 0. The van der Waals surface area contributed by atoms with E-state index in [1.807, 2.05) is 48.5 Å². The molecule has 2 heterocycles. The zero-order chi connectivity index (χ0) is 21.8. The van der Waals surface area contributed by atoms with Gasteiger partial charge in [0, 0.05) is 22.3 Å². The largest absolute Gasteiger partial charge is 0.478 e. The van der Waals surface area contributed by atoms with Crippen molar-refractivity contribution >= 4 is 44.8 Å². The number of nitrogens with zero attached hydrogens (tertiary/aromatic N) is 2. The number of hydrogen-bond donors (Lipinski definition) is 1. The molecule has 0 fully saturated rings. The summed E-state index contributed by atoms with van der Waals surface area (Å²) in [5, 5.41) is 10.9. The SMILES string of the molecule is O=C1C[C@H](c2ccc(C(=O)O)cc2)c2c(c3ccccc3c3nc4ccccc4nc23)O1. The number of ether oxygens (including phenoxy) is 1. The molecule has 0 bridgehead atoms. The van der Waals surface area contributed by atoms with Crippen LogP contribution in [0.15, 0.2) is 72.8 Å². The zero-order valence-electron chi connectivity index (χ0n) is 16.8. The number of aromatic carboxylic acids is 1. The number of benzene rings is 4. The van der Waals surface area contributed by atoms with E-state index >= 15 is 0 Å². The Kier molecular flexibility index (Phi) is 3.95. The van der Waals surface area contributed by atoms with Gasteiger partial charge >= 0.3 is 11.9 Å². The van der Waals surface area contributed by atoms with E-state index in [2.05, 4.69) is 0 Å². The lowest BCUT2D eigenvalue weighted by atomic mass is 9.83. The van der Waals surface area contributed by atoms with Crippen molar-refractivity contribution in [3.05, 3.63) is 89.5 Å². The highest BCUT2D eigenvalue weighted by molar-refractivity contribution is 6.12. The van der Waals surface area contributed by atoms with Gasteiger partial charge < -0.3 is 9.84 Å². The molecule has 1 aliphatic heterocycles. The molecule has 0 saturated carbocycles. The molecule has 6 nitrogen and oxygen atoms in total. The van der Waals surface area contributed by atoms with E-state index < -0.39 is 5.97 Å². The lowest BCUT2D eigenvalue weighted by Gasteiger charge is -2.27. The van der Waals surface area contributed by atoms with Crippen LogP contribution in [0.2, 0.25) is 0 Å². The Bertz CT molecular complexity index is 1570. The van der Waals surface area contributed by atoms with Gasteiger partial charge in [-0.3, -0.25) is 4.79 Å². The Morgan fingerprint density at radius 2 is 1.47 bits per heavy atom. The molecule has 1 N–H and O–H groups in total. The standard InChI is InChI=1S/C26H16N2O4/c29-21-13-18(14-9-11-15(12-10-14)26(30)31)22-24-23(27-19-7-3-4-8-20(19)28-24)16-5-1-2-6-17(16)25(22)32-21/h1-12,18H,13H2,(H,30,31)/t18-/m1/s1. The van der Waals surface area contributed by atoms with E-state index in [0.29, 0.717) is 11.3 Å². The summed E-state index contributed by atoms with van der Waals surface area (Å²) in [6.45, 7) is 0. The molecule has 0 aliphatic carbocycles. The Balaban J connectivity index is 1.72. The van der Waals surface area contributed by atoms with Crippen LogP contribution in [0, 0.1) is 0 Å². The summed E-state index contributed by atoms with van der Waals surface area (Å²) < 4.78 is 5.78. The third kappa shape index (κ3) is 2.73. The quantitative estimate of drug-likeness (QED) is 0.185. The predicted octanol–water partition coefficient (Wildman–Crippen LogP) is 5.08. The summed E-state index contributed by atoms with van der Waals surface area (Å²) in [4.78, 5) is 33.8. The molecule has 0 saturated heterocycles. The Hall–Kier alpha value is -4.32.